The Morgan fingerprint density at radius 2 is 1.31 bits per heavy atom. The Hall–Kier alpha value is -4.82. The van der Waals surface area contributed by atoms with Gasteiger partial charge < -0.3 is 9.73 Å². The van der Waals surface area contributed by atoms with Gasteiger partial charge in [-0.2, -0.15) is 0 Å². The lowest BCUT2D eigenvalue weighted by Crippen LogP contribution is -2.15. The lowest BCUT2D eigenvalue weighted by Gasteiger charge is -2.22. The van der Waals surface area contributed by atoms with E-state index in [1.165, 1.54) is 44.2 Å². The molecule has 1 aliphatic carbocycles. The van der Waals surface area contributed by atoms with E-state index in [4.69, 9.17) is 4.42 Å². The van der Waals surface area contributed by atoms with Crippen LogP contribution in [0.4, 0.5) is 11.4 Å². The summed E-state index contributed by atoms with van der Waals surface area (Å²) in [6.45, 7) is 4.65. The van der Waals surface area contributed by atoms with Gasteiger partial charge in [-0.15, -0.1) is 0 Å². The SMILES string of the molecule is CC1(C)c2ccccc2-c2ccc(Nc3ccc4ccccc4c3-c3ccc4oc5ccccc5c4c3)cc21. The molecule has 0 radical (unpaired) electrons. The molecule has 0 saturated heterocycles. The van der Waals surface area contributed by atoms with Crippen molar-refractivity contribution in [2.75, 3.05) is 5.32 Å². The van der Waals surface area contributed by atoms with Crippen LogP contribution < -0.4 is 5.32 Å². The number of rotatable bonds is 3. The summed E-state index contributed by atoms with van der Waals surface area (Å²) in [5.74, 6) is 0. The zero-order valence-corrected chi connectivity index (χ0v) is 22.0. The summed E-state index contributed by atoms with van der Waals surface area (Å²) in [5, 5.41) is 8.54. The third-order valence-electron chi connectivity index (χ3n) is 8.46. The predicted molar refractivity (Wildman–Crippen MR) is 164 cm³/mol. The van der Waals surface area contributed by atoms with E-state index in [2.05, 4.69) is 128 Å². The van der Waals surface area contributed by atoms with Crippen molar-refractivity contribution in [1.82, 2.24) is 0 Å². The highest BCUT2D eigenvalue weighted by Gasteiger charge is 2.35. The second-order valence-electron chi connectivity index (χ2n) is 11.1. The third kappa shape index (κ3) is 3.28. The summed E-state index contributed by atoms with van der Waals surface area (Å²) in [7, 11) is 0. The van der Waals surface area contributed by atoms with Crippen LogP contribution in [0, 0.1) is 0 Å². The minimum atomic E-state index is -0.0385. The highest BCUT2D eigenvalue weighted by atomic mass is 16.3. The fourth-order valence-electron chi connectivity index (χ4n) is 6.51. The molecule has 1 heterocycles. The van der Waals surface area contributed by atoms with Crippen molar-refractivity contribution in [3.63, 3.8) is 0 Å². The molecule has 6 aromatic carbocycles. The molecule has 8 rings (SSSR count). The fourth-order valence-corrected chi connectivity index (χ4v) is 6.51. The smallest absolute Gasteiger partial charge is 0.135 e. The van der Waals surface area contributed by atoms with Crippen molar-refractivity contribution < 1.29 is 4.42 Å². The van der Waals surface area contributed by atoms with Gasteiger partial charge in [0.2, 0.25) is 0 Å². The van der Waals surface area contributed by atoms with Crippen LogP contribution in [0.1, 0.15) is 25.0 Å². The van der Waals surface area contributed by atoms with E-state index in [9.17, 15) is 0 Å². The summed E-state index contributed by atoms with van der Waals surface area (Å²) in [5.41, 5.74) is 11.8. The van der Waals surface area contributed by atoms with Crippen molar-refractivity contribution >= 4 is 44.1 Å². The number of benzene rings is 6. The van der Waals surface area contributed by atoms with Crippen molar-refractivity contribution in [2.24, 2.45) is 0 Å². The Balaban J connectivity index is 1.30. The number of para-hydroxylation sites is 1. The lowest BCUT2D eigenvalue weighted by molar-refractivity contribution is 0.660. The lowest BCUT2D eigenvalue weighted by atomic mass is 9.82. The quantitative estimate of drug-likeness (QED) is 0.260. The maximum atomic E-state index is 6.13. The van der Waals surface area contributed by atoms with E-state index in [1.807, 2.05) is 12.1 Å². The first-order valence-corrected chi connectivity index (χ1v) is 13.5. The van der Waals surface area contributed by atoms with Crippen LogP contribution in [0.3, 0.4) is 0 Å². The highest BCUT2D eigenvalue weighted by molar-refractivity contribution is 6.09. The summed E-state index contributed by atoms with van der Waals surface area (Å²) in [6.07, 6.45) is 0. The molecule has 39 heavy (non-hydrogen) atoms. The maximum Gasteiger partial charge on any atom is 0.135 e. The molecule has 0 aliphatic heterocycles. The van der Waals surface area contributed by atoms with Crippen LogP contribution in [-0.2, 0) is 5.41 Å². The van der Waals surface area contributed by atoms with Gasteiger partial charge in [-0.25, -0.2) is 0 Å². The number of fused-ring (bicyclic) bond motifs is 7. The topological polar surface area (TPSA) is 25.2 Å². The van der Waals surface area contributed by atoms with Gasteiger partial charge in [-0.05, 0) is 75.0 Å². The molecule has 1 N–H and O–H groups in total. The standard InChI is InChI=1S/C37H27NO/c1-37(2)31-13-7-5-11-27(31)28-18-17-25(22-32(28)37)38-33-19-15-23-9-3-4-10-26(23)36(33)24-16-20-35-30(21-24)29-12-6-8-14-34(29)39-35/h3-22,38H,1-2H3. The van der Waals surface area contributed by atoms with E-state index in [1.54, 1.807) is 0 Å². The Labute approximate surface area is 227 Å². The molecule has 7 aromatic rings. The first-order valence-electron chi connectivity index (χ1n) is 13.5. The van der Waals surface area contributed by atoms with Gasteiger partial charge in [-0.1, -0.05) is 98.8 Å². The number of nitrogens with one attached hydrogen (secondary N) is 1. The molecule has 0 saturated carbocycles. The minimum Gasteiger partial charge on any atom is -0.456 e. The van der Waals surface area contributed by atoms with Gasteiger partial charge in [0.25, 0.3) is 0 Å². The molecular weight excluding hydrogens is 474 g/mol. The molecular formula is C37H27NO. The van der Waals surface area contributed by atoms with Crippen LogP contribution in [-0.4, -0.2) is 0 Å². The molecule has 186 valence electrons. The van der Waals surface area contributed by atoms with Crippen molar-refractivity contribution in [3.05, 3.63) is 132 Å². The largest absolute Gasteiger partial charge is 0.456 e. The summed E-state index contributed by atoms with van der Waals surface area (Å²) >= 11 is 0. The van der Waals surface area contributed by atoms with Crippen LogP contribution in [0.15, 0.2) is 126 Å². The summed E-state index contributed by atoms with van der Waals surface area (Å²) in [4.78, 5) is 0. The average Bonchev–Trinajstić information content (AvgIpc) is 3.45. The van der Waals surface area contributed by atoms with Crippen LogP contribution >= 0.6 is 0 Å². The third-order valence-corrected chi connectivity index (χ3v) is 8.46. The van der Waals surface area contributed by atoms with Crippen LogP contribution in [0.5, 0.6) is 0 Å². The Kier molecular flexibility index (Phi) is 4.60. The molecule has 1 aliphatic rings. The Morgan fingerprint density at radius 1 is 0.564 bits per heavy atom. The van der Waals surface area contributed by atoms with E-state index >= 15 is 0 Å². The second-order valence-corrected chi connectivity index (χ2v) is 11.1. The van der Waals surface area contributed by atoms with Gasteiger partial charge in [0, 0.05) is 33.1 Å². The minimum absolute atomic E-state index is 0.0385. The van der Waals surface area contributed by atoms with Gasteiger partial charge in [0.1, 0.15) is 11.2 Å². The molecule has 0 atom stereocenters. The van der Waals surface area contributed by atoms with Gasteiger partial charge in [-0.3, -0.25) is 0 Å². The van der Waals surface area contributed by atoms with Gasteiger partial charge in [0.05, 0.1) is 0 Å². The first-order chi connectivity index (χ1) is 19.1. The van der Waals surface area contributed by atoms with Crippen molar-refractivity contribution in [1.29, 1.82) is 0 Å². The van der Waals surface area contributed by atoms with E-state index < -0.39 is 0 Å². The van der Waals surface area contributed by atoms with E-state index in [-0.39, 0.29) is 5.41 Å². The molecule has 0 spiro atoms. The molecule has 0 amide bonds. The zero-order chi connectivity index (χ0) is 26.1. The number of hydrogen-bond donors (Lipinski definition) is 1. The predicted octanol–water partition coefficient (Wildman–Crippen LogP) is 10.5. The van der Waals surface area contributed by atoms with Gasteiger partial charge >= 0.3 is 0 Å². The summed E-state index contributed by atoms with van der Waals surface area (Å²) in [6, 6.07) is 43.5. The zero-order valence-electron chi connectivity index (χ0n) is 22.0. The van der Waals surface area contributed by atoms with Crippen molar-refractivity contribution in [3.8, 4) is 22.3 Å². The normalized spacial score (nSPS) is 13.6. The summed E-state index contributed by atoms with van der Waals surface area (Å²) < 4.78 is 6.13. The van der Waals surface area contributed by atoms with E-state index in [0.29, 0.717) is 0 Å². The number of furan rings is 1. The van der Waals surface area contributed by atoms with Crippen LogP contribution in [0.2, 0.25) is 0 Å². The highest BCUT2D eigenvalue weighted by Crippen LogP contribution is 2.49. The van der Waals surface area contributed by atoms with Crippen molar-refractivity contribution in [2.45, 2.75) is 19.3 Å². The Morgan fingerprint density at radius 3 is 2.23 bits per heavy atom. The maximum absolute atomic E-state index is 6.13. The number of anilines is 2. The van der Waals surface area contributed by atoms with E-state index in [0.717, 1.165) is 33.3 Å². The molecule has 0 unspecified atom stereocenters. The molecule has 0 bridgehead atoms. The molecule has 1 aromatic heterocycles. The fraction of sp³-hybridized carbons (Fsp3) is 0.0811. The Bertz CT molecular complexity index is 2080. The average molecular weight is 502 g/mol. The number of hydrogen-bond acceptors (Lipinski definition) is 2. The second kappa shape index (κ2) is 8.09. The molecule has 2 heteroatoms. The first kappa shape index (κ1) is 22.2. The monoisotopic (exact) mass is 501 g/mol. The molecule has 2 nitrogen and oxygen atoms in total. The van der Waals surface area contributed by atoms with Gasteiger partial charge in [0.15, 0.2) is 0 Å². The van der Waals surface area contributed by atoms with Crippen LogP contribution in [0.25, 0.3) is 55.0 Å². The molecule has 0 fully saturated rings.